The molecule has 13 heteroatoms. The maximum atomic E-state index is 15.4. The zero-order chi connectivity index (χ0) is 35.9. The standard InChI is InChI=1S/C39H42F3N7O3/c1-38-20-32-28(19-33(38)39(38,41)42)35(46-45-32)31-17-24-16-29(40)27(18-30(24)43-31)37(52)49-14-12-47(13-15-49)21-22-8-10-48(11-9-22)25-4-2-23(3-5-25)26-6-7-34(50)44-36(26)51/h2-5,16-18,22,26,33,43H,6-15,19-21H2,1H3,(H,45,46)(H,44,50,51)/t26-,33+,38-/m1/s1. The Labute approximate surface area is 299 Å². The molecular weight excluding hydrogens is 671 g/mol. The smallest absolute Gasteiger partial charge is 0.258 e. The van der Waals surface area contributed by atoms with Crippen molar-refractivity contribution >= 4 is 34.3 Å². The number of nitrogens with one attached hydrogen (secondary N) is 3. The van der Waals surface area contributed by atoms with E-state index in [0.29, 0.717) is 54.1 Å². The number of imide groups is 1. The molecule has 10 nitrogen and oxygen atoms in total. The number of anilines is 1. The predicted molar refractivity (Wildman–Crippen MR) is 189 cm³/mol. The first-order valence-electron chi connectivity index (χ1n) is 18.5. The van der Waals surface area contributed by atoms with E-state index >= 15 is 4.39 Å². The van der Waals surface area contributed by atoms with Gasteiger partial charge in [0, 0.05) is 97.8 Å². The maximum Gasteiger partial charge on any atom is 0.258 e. The number of piperidine rings is 2. The topological polar surface area (TPSA) is 117 Å². The Morgan fingerprint density at radius 2 is 1.73 bits per heavy atom. The molecule has 5 aliphatic rings. The Balaban J connectivity index is 0.782. The molecule has 3 atom stereocenters. The van der Waals surface area contributed by atoms with Gasteiger partial charge in [-0.2, -0.15) is 5.10 Å². The third kappa shape index (κ3) is 5.50. The summed E-state index contributed by atoms with van der Waals surface area (Å²) in [5.74, 6) is -4.46. The second-order valence-corrected chi connectivity index (χ2v) is 15.7. The lowest BCUT2D eigenvalue weighted by molar-refractivity contribution is -0.134. The molecular formula is C39H42F3N7O3. The Hall–Kier alpha value is -4.65. The summed E-state index contributed by atoms with van der Waals surface area (Å²) >= 11 is 0. The van der Waals surface area contributed by atoms with Crippen LogP contribution < -0.4 is 10.2 Å². The first-order valence-corrected chi connectivity index (χ1v) is 18.5. The Kier molecular flexibility index (Phi) is 7.80. The summed E-state index contributed by atoms with van der Waals surface area (Å²) in [6, 6.07) is 12.8. The molecule has 3 saturated heterocycles. The number of benzene rings is 2. The van der Waals surface area contributed by atoms with Crippen LogP contribution in [0.1, 0.15) is 65.7 Å². The van der Waals surface area contributed by atoms with Crippen LogP contribution >= 0.6 is 0 Å². The molecule has 0 unspecified atom stereocenters. The number of H-pyrrole nitrogens is 2. The Morgan fingerprint density at radius 3 is 2.46 bits per heavy atom. The van der Waals surface area contributed by atoms with Crippen LogP contribution in [0.25, 0.3) is 22.3 Å². The quantitative estimate of drug-likeness (QED) is 0.235. The van der Waals surface area contributed by atoms with Crippen LogP contribution in [0.5, 0.6) is 0 Å². The first kappa shape index (κ1) is 33.2. The van der Waals surface area contributed by atoms with Crippen LogP contribution in [0, 0.1) is 23.1 Å². The lowest BCUT2D eigenvalue weighted by Gasteiger charge is -2.39. The van der Waals surface area contributed by atoms with Gasteiger partial charge in [-0.05, 0) is 67.5 Å². The molecule has 2 aliphatic carbocycles. The number of nitrogens with zero attached hydrogens (tertiary/aromatic N) is 4. The lowest BCUT2D eigenvalue weighted by atomic mass is 9.87. The van der Waals surface area contributed by atoms with Gasteiger partial charge in [0.15, 0.2) is 0 Å². The summed E-state index contributed by atoms with van der Waals surface area (Å²) in [5, 5.41) is 10.4. The van der Waals surface area contributed by atoms with Crippen molar-refractivity contribution < 1.29 is 27.6 Å². The number of aromatic nitrogens is 3. The minimum absolute atomic E-state index is 0.0179. The van der Waals surface area contributed by atoms with Gasteiger partial charge in [0.25, 0.3) is 11.8 Å². The highest BCUT2D eigenvalue weighted by molar-refractivity contribution is 6.01. The largest absolute Gasteiger partial charge is 0.372 e. The molecule has 272 valence electrons. The molecule has 4 fully saturated rings. The van der Waals surface area contributed by atoms with E-state index in [2.05, 4.69) is 42.4 Å². The van der Waals surface area contributed by atoms with Gasteiger partial charge in [0.1, 0.15) is 11.5 Å². The molecule has 2 aromatic carbocycles. The predicted octanol–water partition coefficient (Wildman–Crippen LogP) is 5.26. The Bertz CT molecular complexity index is 2080. The number of rotatable bonds is 6. The fourth-order valence-corrected chi connectivity index (χ4v) is 9.25. The van der Waals surface area contributed by atoms with E-state index in [0.717, 1.165) is 68.1 Å². The van der Waals surface area contributed by atoms with Crippen LogP contribution in [-0.2, 0) is 22.4 Å². The van der Waals surface area contributed by atoms with E-state index in [1.54, 1.807) is 24.0 Å². The first-order chi connectivity index (χ1) is 25.0. The number of hydrogen-bond donors (Lipinski definition) is 3. The minimum atomic E-state index is -2.69. The number of hydrogen-bond acceptors (Lipinski definition) is 6. The highest BCUT2D eigenvalue weighted by atomic mass is 19.3. The fourth-order valence-electron chi connectivity index (χ4n) is 9.25. The van der Waals surface area contributed by atoms with Crippen LogP contribution in [0.4, 0.5) is 18.9 Å². The number of amides is 3. The lowest BCUT2D eigenvalue weighted by Crippen LogP contribution is -2.50. The molecule has 0 spiro atoms. The van der Waals surface area contributed by atoms with Crippen molar-refractivity contribution in [3.05, 3.63) is 70.7 Å². The number of carbonyl (C=O) groups excluding carboxylic acids is 3. The van der Waals surface area contributed by atoms with Gasteiger partial charge in [0.05, 0.1) is 17.2 Å². The third-order valence-electron chi connectivity index (χ3n) is 12.7. The molecule has 4 aromatic rings. The van der Waals surface area contributed by atoms with Gasteiger partial charge in [-0.15, -0.1) is 0 Å². The average Bonchev–Trinajstić information content (AvgIpc) is 3.50. The van der Waals surface area contributed by atoms with Gasteiger partial charge >= 0.3 is 0 Å². The van der Waals surface area contributed by atoms with Gasteiger partial charge in [-0.3, -0.25) is 29.7 Å². The van der Waals surface area contributed by atoms with Gasteiger partial charge in [-0.25, -0.2) is 13.2 Å². The number of aromatic amines is 2. The highest BCUT2D eigenvalue weighted by Gasteiger charge is 2.78. The number of fused-ring (bicyclic) bond motifs is 3. The van der Waals surface area contributed by atoms with Crippen molar-refractivity contribution in [2.24, 2.45) is 17.3 Å². The molecule has 3 amide bonds. The summed E-state index contributed by atoms with van der Waals surface area (Å²) in [7, 11) is 0. The van der Waals surface area contributed by atoms with E-state index < -0.39 is 23.1 Å². The summed E-state index contributed by atoms with van der Waals surface area (Å²) in [5.41, 5.74) is 4.38. The zero-order valence-electron chi connectivity index (χ0n) is 29.1. The van der Waals surface area contributed by atoms with E-state index in [9.17, 15) is 23.2 Å². The number of piperazine rings is 1. The molecule has 0 bridgehead atoms. The Morgan fingerprint density at radius 1 is 0.981 bits per heavy atom. The molecule has 2 aromatic heterocycles. The molecule has 5 heterocycles. The van der Waals surface area contributed by atoms with Crippen molar-refractivity contribution in [3.63, 3.8) is 0 Å². The SMILES string of the molecule is C[C@@]12Cc3[nH]nc(-c4cc5cc(F)c(C(=O)N6CCN(CC7CCN(c8ccc([C@H]9CCC(=O)NC9=O)cc8)CC7)CC6)cc5[nH]4)c3C[C@@H]1C2(F)F. The highest BCUT2D eigenvalue weighted by Crippen LogP contribution is 2.70. The van der Waals surface area contributed by atoms with Gasteiger partial charge < -0.3 is 14.8 Å². The van der Waals surface area contributed by atoms with Crippen LogP contribution in [-0.4, -0.2) is 94.4 Å². The second-order valence-electron chi connectivity index (χ2n) is 15.7. The fraction of sp³-hybridized carbons (Fsp3) is 0.487. The monoisotopic (exact) mass is 713 g/mol. The van der Waals surface area contributed by atoms with Crippen LogP contribution in [0.2, 0.25) is 0 Å². The minimum Gasteiger partial charge on any atom is -0.372 e. The maximum absolute atomic E-state index is 15.4. The van der Waals surface area contributed by atoms with E-state index in [1.807, 2.05) is 12.1 Å². The van der Waals surface area contributed by atoms with Crippen molar-refractivity contribution in [1.29, 1.82) is 0 Å². The summed E-state index contributed by atoms with van der Waals surface area (Å²) in [6.45, 7) is 6.99. The van der Waals surface area contributed by atoms with Crippen molar-refractivity contribution in [1.82, 2.24) is 30.3 Å². The zero-order valence-corrected chi connectivity index (χ0v) is 29.1. The second kappa shape index (κ2) is 12.2. The summed E-state index contributed by atoms with van der Waals surface area (Å²) in [6.07, 6.45) is 3.53. The van der Waals surface area contributed by atoms with Crippen LogP contribution in [0.15, 0.2) is 42.5 Å². The number of halogens is 3. The molecule has 52 heavy (non-hydrogen) atoms. The average molecular weight is 714 g/mol. The number of carbonyl (C=O) groups is 3. The van der Waals surface area contributed by atoms with E-state index in [1.165, 1.54) is 6.07 Å². The molecule has 0 radical (unpaired) electrons. The molecule has 3 N–H and O–H groups in total. The molecule has 3 aliphatic heterocycles. The summed E-state index contributed by atoms with van der Waals surface area (Å²) in [4.78, 5) is 47.1. The van der Waals surface area contributed by atoms with E-state index in [4.69, 9.17) is 0 Å². The molecule has 9 rings (SSSR count). The number of alkyl halides is 2. The normalized spacial score (nSPS) is 26.3. The summed E-state index contributed by atoms with van der Waals surface area (Å²) < 4.78 is 44.3. The van der Waals surface area contributed by atoms with Crippen molar-refractivity contribution in [2.45, 2.75) is 57.3 Å². The van der Waals surface area contributed by atoms with Crippen LogP contribution in [0.3, 0.4) is 0 Å². The van der Waals surface area contributed by atoms with Gasteiger partial charge in [-0.1, -0.05) is 19.1 Å². The third-order valence-corrected chi connectivity index (χ3v) is 12.7. The van der Waals surface area contributed by atoms with Crippen molar-refractivity contribution in [2.75, 3.05) is 50.7 Å². The van der Waals surface area contributed by atoms with Crippen molar-refractivity contribution in [3.8, 4) is 11.4 Å². The van der Waals surface area contributed by atoms with E-state index in [-0.39, 0.29) is 42.0 Å². The van der Waals surface area contributed by atoms with Gasteiger partial charge in [0.2, 0.25) is 11.8 Å². The molecule has 1 saturated carbocycles.